The summed E-state index contributed by atoms with van der Waals surface area (Å²) in [7, 11) is 0. The van der Waals surface area contributed by atoms with E-state index in [0.29, 0.717) is 0 Å². The minimum Gasteiger partial charge on any atom is -0.357 e. The van der Waals surface area contributed by atoms with Crippen LogP contribution < -0.4 is 5.32 Å². The van der Waals surface area contributed by atoms with E-state index in [-0.39, 0.29) is 24.0 Å². The van der Waals surface area contributed by atoms with Crippen molar-refractivity contribution >= 4 is 41.3 Å². The number of nitrogens with zero attached hydrogens (tertiary/aromatic N) is 4. The lowest BCUT2D eigenvalue weighted by Gasteiger charge is -2.36. The fourth-order valence-corrected chi connectivity index (χ4v) is 3.83. The number of nitrogens with one attached hydrogen (secondary N) is 1. The first-order valence-electron chi connectivity index (χ1n) is 9.45. The first-order valence-corrected chi connectivity index (χ1v) is 10.3. The van der Waals surface area contributed by atoms with E-state index in [1.54, 1.807) is 11.3 Å². The van der Waals surface area contributed by atoms with Crippen LogP contribution in [0.3, 0.4) is 0 Å². The van der Waals surface area contributed by atoms with Gasteiger partial charge >= 0.3 is 0 Å². The van der Waals surface area contributed by atoms with Crippen molar-refractivity contribution in [1.29, 1.82) is 0 Å². The fraction of sp³-hybridized carbons (Fsp3) is 0.500. The van der Waals surface area contributed by atoms with Crippen LogP contribution >= 0.6 is 35.3 Å². The van der Waals surface area contributed by atoms with Gasteiger partial charge in [-0.2, -0.15) is 0 Å². The number of hydrogen-bond acceptors (Lipinski definition) is 4. The van der Waals surface area contributed by atoms with Crippen molar-refractivity contribution < 1.29 is 0 Å². The molecule has 0 unspecified atom stereocenters. The van der Waals surface area contributed by atoms with Crippen molar-refractivity contribution in [2.24, 2.45) is 4.99 Å². The number of thiazole rings is 1. The van der Waals surface area contributed by atoms with Gasteiger partial charge in [0.05, 0.1) is 10.7 Å². The highest BCUT2D eigenvalue weighted by Crippen LogP contribution is 2.10. The number of aryl methyl sites for hydroxylation is 1. The zero-order valence-corrected chi connectivity index (χ0v) is 19.4. The normalized spacial score (nSPS) is 15.5. The lowest BCUT2D eigenvalue weighted by atomic mass is 10.2. The van der Waals surface area contributed by atoms with Crippen molar-refractivity contribution in [2.45, 2.75) is 26.8 Å². The van der Waals surface area contributed by atoms with E-state index in [0.717, 1.165) is 68.9 Å². The average Bonchev–Trinajstić information content (AvgIpc) is 3.08. The number of halogens is 1. The lowest BCUT2D eigenvalue weighted by molar-refractivity contribution is 0.172. The maximum Gasteiger partial charge on any atom is 0.194 e. The molecular formula is C20H30IN5S. The highest BCUT2D eigenvalue weighted by atomic mass is 127. The molecule has 5 nitrogen and oxygen atoms in total. The third-order valence-electron chi connectivity index (χ3n) is 4.55. The third-order valence-corrected chi connectivity index (χ3v) is 5.37. The molecule has 1 aromatic heterocycles. The Morgan fingerprint density at radius 3 is 2.56 bits per heavy atom. The van der Waals surface area contributed by atoms with Gasteiger partial charge in [-0.1, -0.05) is 30.3 Å². The molecule has 7 heteroatoms. The molecular weight excluding hydrogens is 469 g/mol. The first kappa shape index (κ1) is 22.1. The molecule has 1 fully saturated rings. The number of guanidine groups is 1. The quantitative estimate of drug-likeness (QED) is 0.376. The Morgan fingerprint density at radius 1 is 1.19 bits per heavy atom. The van der Waals surface area contributed by atoms with Gasteiger partial charge in [-0.15, -0.1) is 35.3 Å². The van der Waals surface area contributed by atoms with E-state index in [1.165, 1.54) is 5.56 Å². The summed E-state index contributed by atoms with van der Waals surface area (Å²) in [6, 6.07) is 10.7. The Labute approximate surface area is 183 Å². The van der Waals surface area contributed by atoms with Crippen molar-refractivity contribution in [3.05, 3.63) is 52.0 Å². The number of piperazine rings is 1. The molecule has 1 N–H and O–H groups in total. The molecule has 1 saturated heterocycles. The molecule has 0 atom stereocenters. The van der Waals surface area contributed by atoms with E-state index in [1.807, 2.05) is 0 Å². The van der Waals surface area contributed by atoms with Crippen LogP contribution in [0.15, 0.2) is 40.7 Å². The SMILES string of the molecule is CCNC(=NCCc1csc(C)n1)N1CCN(Cc2ccccc2)CC1.I. The molecule has 148 valence electrons. The van der Waals surface area contributed by atoms with Gasteiger partial charge in [0.25, 0.3) is 0 Å². The summed E-state index contributed by atoms with van der Waals surface area (Å²) in [5.41, 5.74) is 2.54. The highest BCUT2D eigenvalue weighted by molar-refractivity contribution is 14.0. The summed E-state index contributed by atoms with van der Waals surface area (Å²) in [5.74, 6) is 1.04. The molecule has 0 aliphatic carbocycles. The van der Waals surface area contributed by atoms with E-state index in [4.69, 9.17) is 4.99 Å². The maximum atomic E-state index is 4.83. The minimum absolute atomic E-state index is 0. The summed E-state index contributed by atoms with van der Waals surface area (Å²) in [4.78, 5) is 14.3. The number of aliphatic imine (C=N–C) groups is 1. The van der Waals surface area contributed by atoms with Crippen molar-refractivity contribution in [2.75, 3.05) is 39.3 Å². The molecule has 3 rings (SSSR count). The Hall–Kier alpha value is -1.19. The van der Waals surface area contributed by atoms with Crippen LogP contribution in [0.1, 0.15) is 23.2 Å². The molecule has 0 radical (unpaired) electrons. The molecule has 2 aromatic rings. The second kappa shape index (κ2) is 11.6. The van der Waals surface area contributed by atoms with Gasteiger partial charge in [-0.25, -0.2) is 4.98 Å². The lowest BCUT2D eigenvalue weighted by Crippen LogP contribution is -2.52. The van der Waals surface area contributed by atoms with Gasteiger partial charge in [0.2, 0.25) is 0 Å². The molecule has 27 heavy (non-hydrogen) atoms. The number of benzene rings is 1. The fourth-order valence-electron chi connectivity index (χ4n) is 3.18. The summed E-state index contributed by atoms with van der Waals surface area (Å²) < 4.78 is 0. The maximum absolute atomic E-state index is 4.83. The van der Waals surface area contributed by atoms with Crippen molar-refractivity contribution in [3.63, 3.8) is 0 Å². The second-order valence-corrected chi connectivity index (χ2v) is 7.65. The smallest absolute Gasteiger partial charge is 0.194 e. The van der Waals surface area contributed by atoms with Gasteiger partial charge in [-0.3, -0.25) is 9.89 Å². The molecule has 1 aliphatic rings. The van der Waals surface area contributed by atoms with E-state index in [2.05, 4.69) is 69.7 Å². The zero-order chi connectivity index (χ0) is 18.2. The summed E-state index contributed by atoms with van der Waals surface area (Å²) in [6.07, 6.45) is 0.910. The van der Waals surface area contributed by atoms with E-state index < -0.39 is 0 Å². The van der Waals surface area contributed by atoms with Crippen LogP contribution in [0.5, 0.6) is 0 Å². The largest absolute Gasteiger partial charge is 0.357 e. The highest BCUT2D eigenvalue weighted by Gasteiger charge is 2.19. The van der Waals surface area contributed by atoms with Crippen molar-refractivity contribution in [1.82, 2.24) is 20.1 Å². The average molecular weight is 499 g/mol. The molecule has 1 aromatic carbocycles. The topological polar surface area (TPSA) is 43.8 Å². The van der Waals surface area contributed by atoms with Crippen LogP contribution in [0.25, 0.3) is 0 Å². The Morgan fingerprint density at radius 2 is 1.93 bits per heavy atom. The number of hydrogen-bond donors (Lipinski definition) is 1. The molecule has 1 aliphatic heterocycles. The summed E-state index contributed by atoms with van der Waals surface area (Å²) >= 11 is 1.71. The molecule has 0 amide bonds. The predicted octanol–water partition coefficient (Wildman–Crippen LogP) is 3.40. The van der Waals surface area contributed by atoms with E-state index >= 15 is 0 Å². The van der Waals surface area contributed by atoms with Crippen LogP contribution in [0.4, 0.5) is 0 Å². The predicted molar refractivity (Wildman–Crippen MR) is 125 cm³/mol. The van der Waals surface area contributed by atoms with Gasteiger partial charge in [0, 0.05) is 57.6 Å². The third kappa shape index (κ3) is 7.04. The molecule has 0 saturated carbocycles. The van der Waals surface area contributed by atoms with Gasteiger partial charge in [-0.05, 0) is 19.4 Å². The zero-order valence-electron chi connectivity index (χ0n) is 16.2. The Balaban J connectivity index is 0.00000261. The minimum atomic E-state index is 0. The van der Waals surface area contributed by atoms with Gasteiger partial charge in [0.1, 0.15) is 0 Å². The Bertz CT molecular complexity index is 695. The van der Waals surface area contributed by atoms with Gasteiger partial charge < -0.3 is 10.2 Å². The van der Waals surface area contributed by atoms with Crippen LogP contribution in [0, 0.1) is 6.92 Å². The van der Waals surface area contributed by atoms with E-state index in [9.17, 15) is 0 Å². The Kier molecular flexibility index (Phi) is 9.50. The summed E-state index contributed by atoms with van der Waals surface area (Å²) in [6.45, 7) is 11.1. The standard InChI is InChI=1S/C20H29N5S.HI/c1-3-21-20(22-10-9-19-16-26-17(2)23-19)25-13-11-24(12-14-25)15-18-7-5-4-6-8-18;/h4-8,16H,3,9-15H2,1-2H3,(H,21,22);1H. The van der Waals surface area contributed by atoms with Crippen LogP contribution in [0.2, 0.25) is 0 Å². The van der Waals surface area contributed by atoms with Crippen LogP contribution in [-0.2, 0) is 13.0 Å². The first-order chi connectivity index (χ1) is 12.7. The van der Waals surface area contributed by atoms with Crippen LogP contribution in [-0.4, -0.2) is 60.0 Å². The van der Waals surface area contributed by atoms with Gasteiger partial charge in [0.15, 0.2) is 5.96 Å². The second-order valence-electron chi connectivity index (χ2n) is 6.59. The van der Waals surface area contributed by atoms with Crippen molar-refractivity contribution in [3.8, 4) is 0 Å². The molecule has 0 spiro atoms. The monoisotopic (exact) mass is 499 g/mol. The molecule has 2 heterocycles. The number of aromatic nitrogens is 1. The summed E-state index contributed by atoms with van der Waals surface area (Å²) in [5, 5.41) is 6.72. The number of rotatable bonds is 6. The molecule has 0 bridgehead atoms.